The number of pyridine rings is 1. The molecule has 2 aromatic rings. The lowest BCUT2D eigenvalue weighted by molar-refractivity contribution is 0.169. The highest BCUT2D eigenvalue weighted by Gasteiger charge is 2.09. The summed E-state index contributed by atoms with van der Waals surface area (Å²) in [6, 6.07) is 4.03. The van der Waals surface area contributed by atoms with Crippen molar-refractivity contribution in [2.45, 2.75) is 31.9 Å². The average molecular weight is 272 g/mol. The fraction of sp³-hybridized carbons (Fsp3) is 0.400. The Morgan fingerprint density at radius 2 is 2.00 bits per heavy atom. The van der Waals surface area contributed by atoms with E-state index in [1.54, 1.807) is 12.4 Å². The Kier molecular flexibility index (Phi) is 5.58. The largest absolute Gasteiger partial charge is 0.387 e. The monoisotopic (exact) mass is 272 g/mol. The predicted molar refractivity (Wildman–Crippen MR) is 77.0 cm³/mol. The van der Waals surface area contributed by atoms with Crippen LogP contribution in [0.5, 0.6) is 0 Å². The van der Waals surface area contributed by atoms with Crippen molar-refractivity contribution < 1.29 is 5.11 Å². The van der Waals surface area contributed by atoms with Crippen LogP contribution in [0.1, 0.15) is 30.6 Å². The van der Waals surface area contributed by atoms with E-state index in [9.17, 15) is 5.11 Å². The molecule has 0 saturated heterocycles. The SMILES string of the molecule is CC(CCc1cncnc1)NCC(O)c1cccnc1. The summed E-state index contributed by atoms with van der Waals surface area (Å²) in [5.41, 5.74) is 1.97. The molecule has 2 atom stereocenters. The normalized spacial score (nSPS) is 13.9. The lowest BCUT2D eigenvalue weighted by Crippen LogP contribution is -2.30. The summed E-state index contributed by atoms with van der Waals surface area (Å²) < 4.78 is 0. The van der Waals surface area contributed by atoms with Crippen molar-refractivity contribution in [1.82, 2.24) is 20.3 Å². The van der Waals surface area contributed by atoms with Crippen molar-refractivity contribution in [2.24, 2.45) is 0 Å². The number of hydrogen-bond acceptors (Lipinski definition) is 5. The minimum absolute atomic E-state index is 0.321. The number of hydrogen-bond donors (Lipinski definition) is 2. The second kappa shape index (κ2) is 7.67. The van der Waals surface area contributed by atoms with Crippen LogP contribution in [0.4, 0.5) is 0 Å². The van der Waals surface area contributed by atoms with Gasteiger partial charge in [-0.1, -0.05) is 6.07 Å². The van der Waals surface area contributed by atoms with E-state index >= 15 is 0 Å². The highest BCUT2D eigenvalue weighted by atomic mass is 16.3. The van der Waals surface area contributed by atoms with Gasteiger partial charge in [0.2, 0.25) is 0 Å². The van der Waals surface area contributed by atoms with Gasteiger partial charge in [-0.15, -0.1) is 0 Å². The van der Waals surface area contributed by atoms with Gasteiger partial charge in [0.1, 0.15) is 6.33 Å². The zero-order valence-corrected chi connectivity index (χ0v) is 11.6. The number of aromatic nitrogens is 3. The Balaban J connectivity index is 1.71. The second-order valence-electron chi connectivity index (χ2n) is 4.90. The molecular formula is C15H20N4O. The zero-order valence-electron chi connectivity index (χ0n) is 11.6. The molecule has 0 radical (unpaired) electrons. The van der Waals surface area contributed by atoms with Gasteiger partial charge in [0, 0.05) is 42.9 Å². The van der Waals surface area contributed by atoms with Crippen LogP contribution >= 0.6 is 0 Å². The van der Waals surface area contributed by atoms with Crippen LogP contribution in [-0.4, -0.2) is 32.6 Å². The van der Waals surface area contributed by atoms with Crippen molar-refractivity contribution >= 4 is 0 Å². The molecule has 2 aromatic heterocycles. The second-order valence-corrected chi connectivity index (χ2v) is 4.90. The van der Waals surface area contributed by atoms with Gasteiger partial charge in [0.25, 0.3) is 0 Å². The van der Waals surface area contributed by atoms with Gasteiger partial charge in [0.15, 0.2) is 0 Å². The van der Waals surface area contributed by atoms with Crippen LogP contribution in [0.25, 0.3) is 0 Å². The van der Waals surface area contributed by atoms with Gasteiger partial charge in [-0.2, -0.15) is 0 Å². The molecular weight excluding hydrogens is 252 g/mol. The average Bonchev–Trinajstić information content (AvgIpc) is 2.52. The van der Waals surface area contributed by atoms with Crippen LogP contribution in [0.15, 0.2) is 43.2 Å². The Bertz CT molecular complexity index is 492. The number of aliphatic hydroxyl groups excluding tert-OH is 1. The number of nitrogens with zero attached hydrogens (tertiary/aromatic N) is 3. The Hall–Kier alpha value is -1.85. The third-order valence-electron chi connectivity index (χ3n) is 3.21. The van der Waals surface area contributed by atoms with Crippen LogP contribution in [0.3, 0.4) is 0 Å². The zero-order chi connectivity index (χ0) is 14.2. The fourth-order valence-corrected chi connectivity index (χ4v) is 1.95. The third kappa shape index (κ3) is 4.68. The molecule has 0 fully saturated rings. The first-order chi connectivity index (χ1) is 9.75. The van der Waals surface area contributed by atoms with Crippen molar-refractivity contribution in [1.29, 1.82) is 0 Å². The van der Waals surface area contributed by atoms with Crippen molar-refractivity contribution in [3.05, 3.63) is 54.4 Å². The van der Waals surface area contributed by atoms with E-state index in [0.29, 0.717) is 12.6 Å². The van der Waals surface area contributed by atoms with Gasteiger partial charge >= 0.3 is 0 Å². The van der Waals surface area contributed by atoms with E-state index in [4.69, 9.17) is 0 Å². The fourth-order valence-electron chi connectivity index (χ4n) is 1.95. The molecule has 0 aliphatic heterocycles. The molecule has 20 heavy (non-hydrogen) atoms. The standard InChI is InChI=1S/C15H20N4O/c1-12(4-5-13-7-17-11-18-8-13)19-10-15(20)14-3-2-6-16-9-14/h2-3,6-9,11-12,15,19-20H,4-5,10H2,1H3. The van der Waals surface area contributed by atoms with Gasteiger partial charge in [-0.3, -0.25) is 4.98 Å². The van der Waals surface area contributed by atoms with Crippen molar-refractivity contribution in [3.63, 3.8) is 0 Å². The summed E-state index contributed by atoms with van der Waals surface area (Å²) in [4.78, 5) is 12.0. The van der Waals surface area contributed by atoms with E-state index in [2.05, 4.69) is 27.2 Å². The number of aryl methyl sites for hydroxylation is 1. The molecule has 0 bridgehead atoms. The summed E-state index contributed by atoms with van der Waals surface area (Å²) in [5, 5.41) is 13.4. The topological polar surface area (TPSA) is 70.9 Å². The third-order valence-corrected chi connectivity index (χ3v) is 3.21. The molecule has 0 spiro atoms. The maximum atomic E-state index is 10.0. The van der Waals surface area contributed by atoms with Crippen molar-refractivity contribution in [2.75, 3.05) is 6.54 Å². The molecule has 2 unspecified atom stereocenters. The highest BCUT2D eigenvalue weighted by Crippen LogP contribution is 2.10. The number of rotatable bonds is 7. The molecule has 0 saturated carbocycles. The first kappa shape index (κ1) is 14.6. The molecule has 106 valence electrons. The summed E-state index contributed by atoms with van der Waals surface area (Å²) in [6.07, 6.45) is 9.99. The smallest absolute Gasteiger partial charge is 0.115 e. The molecule has 0 amide bonds. The van der Waals surface area contributed by atoms with Gasteiger partial charge in [-0.05, 0) is 31.4 Å². The van der Waals surface area contributed by atoms with E-state index in [-0.39, 0.29) is 0 Å². The Labute approximate surface area is 119 Å². The van der Waals surface area contributed by atoms with Crippen LogP contribution in [0.2, 0.25) is 0 Å². The summed E-state index contributed by atoms with van der Waals surface area (Å²) >= 11 is 0. The van der Waals surface area contributed by atoms with Gasteiger partial charge in [0.05, 0.1) is 6.10 Å². The van der Waals surface area contributed by atoms with E-state index in [1.807, 2.05) is 24.5 Å². The lowest BCUT2D eigenvalue weighted by atomic mass is 10.1. The maximum absolute atomic E-state index is 10.0. The summed E-state index contributed by atoms with van der Waals surface area (Å²) in [6.45, 7) is 2.64. The molecule has 5 nitrogen and oxygen atoms in total. The predicted octanol–water partition coefficient (Wildman–Crippen LogP) is 1.52. The van der Waals surface area contributed by atoms with Gasteiger partial charge in [-0.25, -0.2) is 9.97 Å². The van der Waals surface area contributed by atoms with Crippen LogP contribution < -0.4 is 5.32 Å². The quantitative estimate of drug-likeness (QED) is 0.799. The highest BCUT2D eigenvalue weighted by molar-refractivity contribution is 5.12. The van der Waals surface area contributed by atoms with E-state index in [0.717, 1.165) is 24.0 Å². The molecule has 2 heterocycles. The summed E-state index contributed by atoms with van der Waals surface area (Å²) in [5.74, 6) is 0. The first-order valence-electron chi connectivity index (χ1n) is 6.81. The van der Waals surface area contributed by atoms with Crippen molar-refractivity contribution in [3.8, 4) is 0 Å². The number of nitrogens with one attached hydrogen (secondary N) is 1. The minimum atomic E-state index is -0.522. The molecule has 2 rings (SSSR count). The molecule has 5 heteroatoms. The Morgan fingerprint density at radius 1 is 1.20 bits per heavy atom. The van der Waals surface area contributed by atoms with Crippen LogP contribution in [0, 0.1) is 0 Å². The van der Waals surface area contributed by atoms with E-state index in [1.165, 1.54) is 6.33 Å². The van der Waals surface area contributed by atoms with Crippen LogP contribution in [-0.2, 0) is 6.42 Å². The lowest BCUT2D eigenvalue weighted by Gasteiger charge is -2.17. The minimum Gasteiger partial charge on any atom is -0.387 e. The maximum Gasteiger partial charge on any atom is 0.115 e. The number of aliphatic hydroxyl groups is 1. The molecule has 0 aromatic carbocycles. The van der Waals surface area contributed by atoms with E-state index < -0.39 is 6.10 Å². The Morgan fingerprint density at radius 3 is 2.70 bits per heavy atom. The summed E-state index contributed by atoms with van der Waals surface area (Å²) in [7, 11) is 0. The molecule has 2 N–H and O–H groups in total. The molecule has 0 aliphatic carbocycles. The van der Waals surface area contributed by atoms with Gasteiger partial charge < -0.3 is 10.4 Å². The molecule has 0 aliphatic rings. The first-order valence-corrected chi connectivity index (χ1v) is 6.81.